The molecular formula is C12H16ClN3O. The molecule has 1 aromatic heterocycles. The fourth-order valence-corrected chi connectivity index (χ4v) is 2.59. The molecule has 3 N–H and O–H groups in total. The van der Waals surface area contributed by atoms with Crippen LogP contribution >= 0.6 is 11.6 Å². The van der Waals surface area contributed by atoms with E-state index in [1.165, 1.54) is 0 Å². The van der Waals surface area contributed by atoms with E-state index >= 15 is 0 Å². The summed E-state index contributed by atoms with van der Waals surface area (Å²) in [5.74, 6) is 5.55. The second kappa shape index (κ2) is 5.47. The maximum atomic E-state index is 11.4. The van der Waals surface area contributed by atoms with Gasteiger partial charge in [0.05, 0.1) is 0 Å². The Morgan fingerprint density at radius 3 is 2.65 bits per heavy atom. The predicted molar refractivity (Wildman–Crippen MR) is 66.3 cm³/mol. The molecule has 1 fully saturated rings. The second-order valence-corrected chi connectivity index (χ2v) is 4.83. The van der Waals surface area contributed by atoms with Crippen LogP contribution in [-0.4, -0.2) is 10.9 Å². The van der Waals surface area contributed by atoms with Gasteiger partial charge in [0.25, 0.3) is 0 Å². The monoisotopic (exact) mass is 253 g/mol. The number of carbonyl (C=O) groups excluding carboxylic acids is 1. The molecule has 0 radical (unpaired) electrons. The van der Waals surface area contributed by atoms with Crippen molar-refractivity contribution in [2.45, 2.75) is 31.6 Å². The van der Waals surface area contributed by atoms with Crippen LogP contribution in [-0.2, 0) is 4.79 Å². The zero-order chi connectivity index (χ0) is 12.3. The van der Waals surface area contributed by atoms with Gasteiger partial charge in [-0.3, -0.25) is 10.2 Å². The van der Waals surface area contributed by atoms with E-state index in [1.807, 2.05) is 12.1 Å². The van der Waals surface area contributed by atoms with Crippen molar-refractivity contribution in [3.05, 3.63) is 29.0 Å². The molecule has 4 nitrogen and oxygen atoms in total. The Morgan fingerprint density at radius 2 is 2.06 bits per heavy atom. The summed E-state index contributed by atoms with van der Waals surface area (Å²) in [6, 6.07) is 5.70. The first-order chi connectivity index (χ1) is 8.20. The average Bonchev–Trinajstić information content (AvgIpc) is 2.38. The lowest BCUT2D eigenvalue weighted by molar-refractivity contribution is -0.126. The van der Waals surface area contributed by atoms with E-state index in [0.717, 1.165) is 31.4 Å². The lowest BCUT2D eigenvalue weighted by Crippen LogP contribution is -2.37. The normalized spacial score (nSPS) is 24.4. The molecule has 1 heterocycles. The Hall–Kier alpha value is -1.13. The van der Waals surface area contributed by atoms with Crippen molar-refractivity contribution in [3.63, 3.8) is 0 Å². The van der Waals surface area contributed by atoms with E-state index in [1.54, 1.807) is 6.07 Å². The van der Waals surface area contributed by atoms with Crippen molar-refractivity contribution in [2.75, 3.05) is 0 Å². The van der Waals surface area contributed by atoms with E-state index in [9.17, 15) is 4.79 Å². The summed E-state index contributed by atoms with van der Waals surface area (Å²) in [6.07, 6.45) is 3.65. The second-order valence-electron chi connectivity index (χ2n) is 4.44. The fourth-order valence-electron chi connectivity index (χ4n) is 2.42. The van der Waals surface area contributed by atoms with Gasteiger partial charge in [-0.1, -0.05) is 17.7 Å². The molecule has 92 valence electrons. The van der Waals surface area contributed by atoms with Crippen LogP contribution in [0.15, 0.2) is 18.2 Å². The van der Waals surface area contributed by atoms with Crippen LogP contribution in [0.25, 0.3) is 0 Å². The van der Waals surface area contributed by atoms with Gasteiger partial charge in [-0.25, -0.2) is 10.8 Å². The molecule has 1 aromatic rings. The quantitative estimate of drug-likeness (QED) is 0.367. The smallest absolute Gasteiger partial charge is 0.236 e. The summed E-state index contributed by atoms with van der Waals surface area (Å²) in [5, 5.41) is 0.532. The fraction of sp³-hybridized carbons (Fsp3) is 0.500. The molecule has 17 heavy (non-hydrogen) atoms. The number of hydrogen-bond acceptors (Lipinski definition) is 3. The zero-order valence-corrected chi connectivity index (χ0v) is 10.3. The summed E-state index contributed by atoms with van der Waals surface area (Å²) in [4.78, 5) is 15.7. The van der Waals surface area contributed by atoms with Gasteiger partial charge in [-0.2, -0.15) is 0 Å². The number of hydrogen-bond donors (Lipinski definition) is 2. The molecule has 0 bridgehead atoms. The maximum Gasteiger partial charge on any atom is 0.236 e. The number of nitrogens with two attached hydrogens (primary N) is 1. The van der Waals surface area contributed by atoms with Crippen molar-refractivity contribution in [2.24, 2.45) is 11.8 Å². The van der Waals surface area contributed by atoms with Crippen LogP contribution in [0.1, 0.15) is 37.3 Å². The standard InChI is InChI=1S/C12H16ClN3O/c13-11-3-1-2-10(15-11)8-4-6-9(7-5-8)12(17)16-14/h1-3,8-9H,4-7,14H2,(H,16,17). The first-order valence-corrected chi connectivity index (χ1v) is 6.21. The number of carbonyl (C=O) groups is 1. The molecule has 0 unspecified atom stereocenters. The number of amides is 1. The highest BCUT2D eigenvalue weighted by molar-refractivity contribution is 6.29. The van der Waals surface area contributed by atoms with Crippen LogP contribution in [0.5, 0.6) is 0 Å². The maximum absolute atomic E-state index is 11.4. The minimum absolute atomic E-state index is 0.0513. The van der Waals surface area contributed by atoms with Crippen molar-refractivity contribution < 1.29 is 4.79 Å². The Balaban J connectivity index is 1.97. The number of rotatable bonds is 2. The van der Waals surface area contributed by atoms with Crippen LogP contribution < -0.4 is 11.3 Å². The molecule has 0 aliphatic heterocycles. The number of nitrogens with zero attached hydrogens (tertiary/aromatic N) is 1. The SMILES string of the molecule is NNC(=O)C1CCC(c2cccc(Cl)n2)CC1. The highest BCUT2D eigenvalue weighted by Crippen LogP contribution is 2.35. The molecule has 1 saturated carbocycles. The van der Waals surface area contributed by atoms with Crippen molar-refractivity contribution in [3.8, 4) is 0 Å². The summed E-state index contributed by atoms with van der Waals surface area (Å²) in [7, 11) is 0. The van der Waals surface area contributed by atoms with Gasteiger partial charge in [-0.15, -0.1) is 0 Å². The highest BCUT2D eigenvalue weighted by Gasteiger charge is 2.27. The molecule has 0 saturated heterocycles. The van der Waals surface area contributed by atoms with Gasteiger partial charge in [0.1, 0.15) is 5.15 Å². The predicted octanol–water partition coefficient (Wildman–Crippen LogP) is 2.00. The molecule has 1 aliphatic rings. The minimum Gasteiger partial charge on any atom is -0.294 e. The van der Waals surface area contributed by atoms with Crippen LogP contribution in [0, 0.1) is 5.92 Å². The molecule has 1 aliphatic carbocycles. The van der Waals surface area contributed by atoms with E-state index in [4.69, 9.17) is 17.4 Å². The van der Waals surface area contributed by atoms with Crippen LogP contribution in [0.4, 0.5) is 0 Å². The van der Waals surface area contributed by atoms with Crippen molar-refractivity contribution >= 4 is 17.5 Å². The van der Waals surface area contributed by atoms with Gasteiger partial charge < -0.3 is 0 Å². The molecule has 1 amide bonds. The summed E-state index contributed by atoms with van der Waals surface area (Å²) in [5.41, 5.74) is 3.25. The highest BCUT2D eigenvalue weighted by atomic mass is 35.5. The third kappa shape index (κ3) is 2.96. The summed E-state index contributed by atoms with van der Waals surface area (Å²) >= 11 is 5.87. The molecule has 0 atom stereocenters. The van der Waals surface area contributed by atoms with Crippen LogP contribution in [0.3, 0.4) is 0 Å². The third-order valence-corrected chi connectivity index (χ3v) is 3.61. The van der Waals surface area contributed by atoms with Gasteiger partial charge in [0.15, 0.2) is 0 Å². The van der Waals surface area contributed by atoms with Gasteiger partial charge >= 0.3 is 0 Å². The molecule has 2 rings (SSSR count). The number of hydrazine groups is 1. The topological polar surface area (TPSA) is 68.0 Å². The van der Waals surface area contributed by atoms with E-state index in [-0.39, 0.29) is 11.8 Å². The molecule has 0 aromatic carbocycles. The number of halogens is 1. The van der Waals surface area contributed by atoms with Crippen molar-refractivity contribution in [1.29, 1.82) is 0 Å². The molecular weight excluding hydrogens is 238 g/mol. The van der Waals surface area contributed by atoms with E-state index in [0.29, 0.717) is 11.1 Å². The number of aromatic nitrogens is 1. The Labute approximate surface area is 106 Å². The third-order valence-electron chi connectivity index (χ3n) is 3.40. The van der Waals surface area contributed by atoms with Crippen molar-refractivity contribution in [1.82, 2.24) is 10.4 Å². The molecule has 0 spiro atoms. The van der Waals surface area contributed by atoms with E-state index in [2.05, 4.69) is 10.4 Å². The Morgan fingerprint density at radius 1 is 1.35 bits per heavy atom. The van der Waals surface area contributed by atoms with Gasteiger partial charge in [0.2, 0.25) is 5.91 Å². The average molecular weight is 254 g/mol. The molecule has 5 heteroatoms. The van der Waals surface area contributed by atoms with Crippen LogP contribution in [0.2, 0.25) is 5.15 Å². The Kier molecular flexibility index (Phi) is 3.97. The summed E-state index contributed by atoms with van der Waals surface area (Å²) in [6.45, 7) is 0. The number of nitrogens with one attached hydrogen (secondary N) is 1. The number of pyridine rings is 1. The summed E-state index contributed by atoms with van der Waals surface area (Å²) < 4.78 is 0. The van der Waals surface area contributed by atoms with Gasteiger partial charge in [0, 0.05) is 17.5 Å². The lowest BCUT2D eigenvalue weighted by Gasteiger charge is -2.26. The Bertz CT molecular complexity index is 402. The lowest BCUT2D eigenvalue weighted by atomic mass is 9.80. The first kappa shape index (κ1) is 12.3. The van der Waals surface area contributed by atoms with E-state index < -0.39 is 0 Å². The zero-order valence-electron chi connectivity index (χ0n) is 9.53. The minimum atomic E-state index is -0.0532. The largest absolute Gasteiger partial charge is 0.294 e. The first-order valence-electron chi connectivity index (χ1n) is 5.83. The van der Waals surface area contributed by atoms with Gasteiger partial charge in [-0.05, 0) is 37.8 Å².